The van der Waals surface area contributed by atoms with Crippen molar-refractivity contribution in [1.29, 1.82) is 0 Å². The number of benzene rings is 6. The molecule has 8 nitrogen and oxygen atoms in total. The number of fused-ring (bicyclic) bond motifs is 4. The maximum Gasteiger partial charge on any atom is 0.238 e. The highest BCUT2D eigenvalue weighted by molar-refractivity contribution is 6.12. The van der Waals surface area contributed by atoms with Gasteiger partial charge in [0.15, 0.2) is 29.1 Å². The second-order valence-corrected chi connectivity index (χ2v) is 14.9. The third-order valence-corrected chi connectivity index (χ3v) is 10.9. The number of para-hydroxylation sites is 1. The second kappa shape index (κ2) is 16.4. The van der Waals surface area contributed by atoms with Gasteiger partial charge < -0.3 is 4.42 Å². The molecule has 0 aliphatic heterocycles. The minimum absolute atomic E-state index is 0.490. The minimum atomic E-state index is 0.490. The summed E-state index contributed by atoms with van der Waals surface area (Å²) in [5.41, 5.74) is 9.55. The lowest BCUT2D eigenvalue weighted by Gasteiger charge is -2.10. The van der Waals surface area contributed by atoms with Crippen molar-refractivity contribution in [3.8, 4) is 62.9 Å². The fourth-order valence-electron chi connectivity index (χ4n) is 7.65. The average molecular weight is 802 g/mol. The normalized spacial score (nSPS) is 11.5. The molecule has 0 unspecified atom stereocenters. The third-order valence-electron chi connectivity index (χ3n) is 10.9. The summed E-state index contributed by atoms with van der Waals surface area (Å²) < 4.78 is 8.52. The van der Waals surface area contributed by atoms with Gasteiger partial charge in [-0.2, -0.15) is 9.97 Å². The summed E-state index contributed by atoms with van der Waals surface area (Å²) in [6.07, 6.45) is 9.73. The Hall–Kier alpha value is -8.36. The summed E-state index contributed by atoms with van der Waals surface area (Å²) in [6.45, 7) is 12.4. The van der Waals surface area contributed by atoms with Crippen molar-refractivity contribution in [2.75, 3.05) is 0 Å². The highest BCUT2D eigenvalue weighted by atomic mass is 16.3. The van der Waals surface area contributed by atoms with Crippen molar-refractivity contribution in [1.82, 2.24) is 34.5 Å². The monoisotopic (exact) mass is 801 g/mol. The zero-order valence-corrected chi connectivity index (χ0v) is 33.8. The van der Waals surface area contributed by atoms with E-state index in [0.717, 1.165) is 84.6 Å². The van der Waals surface area contributed by atoms with Crippen LogP contribution in [-0.4, -0.2) is 34.5 Å². The van der Waals surface area contributed by atoms with Crippen molar-refractivity contribution in [2.45, 2.75) is 12.8 Å². The van der Waals surface area contributed by atoms with E-state index in [-0.39, 0.29) is 0 Å². The predicted octanol–water partition coefficient (Wildman–Crippen LogP) is 13.3. The van der Waals surface area contributed by atoms with Crippen LogP contribution < -0.4 is 0 Å². The van der Waals surface area contributed by atoms with Crippen molar-refractivity contribution in [3.05, 3.63) is 206 Å². The lowest BCUT2D eigenvalue weighted by molar-refractivity contribution is 0.669. The lowest BCUT2D eigenvalue weighted by atomic mass is 10.0. The molecular weight excluding hydrogens is 763 g/mol. The smallest absolute Gasteiger partial charge is 0.238 e. The van der Waals surface area contributed by atoms with Gasteiger partial charge in [-0.15, -0.1) is 6.58 Å². The SMILES string of the molecule is C=CCCC(=C)C(=C)/C=C\c1cn(-c2nc(-c3ccccc3)nc(-c3ccc4oc5cccc(-c6nc(-c7ccccc7)nc(-c7ccccc7)n6)c5c4c3)n2)c2ccccc12. The predicted molar refractivity (Wildman–Crippen MR) is 251 cm³/mol. The minimum Gasteiger partial charge on any atom is -0.456 e. The van der Waals surface area contributed by atoms with Gasteiger partial charge in [-0.1, -0.05) is 153 Å². The Bertz CT molecular complexity index is 3290. The van der Waals surface area contributed by atoms with Crippen LogP contribution in [0.4, 0.5) is 0 Å². The van der Waals surface area contributed by atoms with Gasteiger partial charge in [-0.25, -0.2) is 19.9 Å². The molecule has 0 atom stereocenters. The number of nitrogens with zero attached hydrogens (tertiary/aromatic N) is 7. The Morgan fingerprint density at radius 1 is 0.548 bits per heavy atom. The molecule has 0 aliphatic rings. The van der Waals surface area contributed by atoms with E-state index in [0.29, 0.717) is 40.7 Å². The van der Waals surface area contributed by atoms with E-state index < -0.39 is 0 Å². The Morgan fingerprint density at radius 3 is 1.77 bits per heavy atom. The Kier molecular flexibility index (Phi) is 9.99. The van der Waals surface area contributed by atoms with E-state index in [1.807, 2.05) is 150 Å². The molecule has 10 rings (SSSR count). The quantitative estimate of drug-likeness (QED) is 0.0896. The zero-order chi connectivity index (χ0) is 42.0. The van der Waals surface area contributed by atoms with Gasteiger partial charge in [0.05, 0.1) is 5.52 Å². The largest absolute Gasteiger partial charge is 0.456 e. The van der Waals surface area contributed by atoms with E-state index >= 15 is 0 Å². The summed E-state index contributed by atoms with van der Waals surface area (Å²) in [5.74, 6) is 3.27. The molecule has 0 saturated heterocycles. The van der Waals surface area contributed by atoms with Gasteiger partial charge in [0.2, 0.25) is 5.95 Å². The van der Waals surface area contributed by atoms with Crippen LogP contribution in [0, 0.1) is 0 Å². The lowest BCUT2D eigenvalue weighted by Crippen LogP contribution is -2.05. The standard InChI is InChI=1S/C54H39N7O/c1-4-5-18-35(2)36(3)29-30-41-34-61(45-27-16-15-25-42(41)45)54-59-51(39-23-13-8-14-24-39)56-52(60-54)40-31-32-46-44(33-40)48-43(26-17-28-47(48)62-46)53-57-49(37-19-9-6-10-20-37)55-50(58-53)38-21-11-7-12-22-38/h4,6-17,19-34H,1-3,5,18H2/b30-29-. The first-order valence-corrected chi connectivity index (χ1v) is 20.4. The molecular formula is C54H39N7O. The van der Waals surface area contributed by atoms with Crippen LogP contribution in [0.1, 0.15) is 18.4 Å². The van der Waals surface area contributed by atoms with Gasteiger partial charge in [-0.05, 0) is 54.3 Å². The molecule has 4 aromatic heterocycles. The van der Waals surface area contributed by atoms with Gasteiger partial charge in [0.25, 0.3) is 0 Å². The summed E-state index contributed by atoms with van der Waals surface area (Å²) >= 11 is 0. The Balaban J connectivity index is 1.13. The zero-order valence-electron chi connectivity index (χ0n) is 33.8. The topological polar surface area (TPSA) is 95.4 Å². The number of furan rings is 1. The maximum absolute atomic E-state index is 6.50. The molecule has 0 N–H and O–H groups in total. The number of rotatable bonds is 12. The molecule has 0 radical (unpaired) electrons. The summed E-state index contributed by atoms with van der Waals surface area (Å²) in [6, 6.07) is 50.2. The van der Waals surface area contributed by atoms with Crippen LogP contribution in [0.3, 0.4) is 0 Å². The van der Waals surface area contributed by atoms with Crippen molar-refractivity contribution in [2.24, 2.45) is 0 Å². The first-order chi connectivity index (χ1) is 30.5. The first-order valence-electron chi connectivity index (χ1n) is 20.4. The van der Waals surface area contributed by atoms with Gasteiger partial charge in [-0.3, -0.25) is 4.57 Å². The molecule has 0 amide bonds. The molecule has 0 saturated carbocycles. The molecule has 0 spiro atoms. The van der Waals surface area contributed by atoms with Crippen LogP contribution >= 0.6 is 0 Å². The summed E-state index contributed by atoms with van der Waals surface area (Å²) in [7, 11) is 0. The fourth-order valence-corrected chi connectivity index (χ4v) is 7.65. The highest BCUT2D eigenvalue weighted by Crippen LogP contribution is 2.38. The summed E-state index contributed by atoms with van der Waals surface area (Å²) in [4.78, 5) is 30.4. The van der Waals surface area contributed by atoms with Crippen molar-refractivity contribution < 1.29 is 4.42 Å². The molecule has 10 aromatic rings. The van der Waals surface area contributed by atoms with Crippen LogP contribution in [0.25, 0.3) is 102 Å². The van der Waals surface area contributed by atoms with E-state index in [9.17, 15) is 0 Å². The fraction of sp³-hybridized carbons (Fsp3) is 0.0370. The maximum atomic E-state index is 6.50. The first kappa shape index (κ1) is 37.9. The Morgan fingerprint density at radius 2 is 1.13 bits per heavy atom. The van der Waals surface area contributed by atoms with Crippen molar-refractivity contribution >= 4 is 38.9 Å². The van der Waals surface area contributed by atoms with Gasteiger partial charge in [0, 0.05) is 55.7 Å². The van der Waals surface area contributed by atoms with E-state index in [1.165, 1.54) is 0 Å². The summed E-state index contributed by atoms with van der Waals surface area (Å²) in [5, 5.41) is 2.82. The number of hydrogen-bond donors (Lipinski definition) is 0. The number of allylic oxidation sites excluding steroid dienone is 4. The van der Waals surface area contributed by atoms with Gasteiger partial charge in [0.1, 0.15) is 11.2 Å². The van der Waals surface area contributed by atoms with E-state index in [2.05, 4.69) is 50.2 Å². The molecule has 0 bridgehead atoms. The Labute approximate surface area is 358 Å². The van der Waals surface area contributed by atoms with E-state index in [1.54, 1.807) is 0 Å². The molecule has 4 heterocycles. The van der Waals surface area contributed by atoms with Crippen LogP contribution in [0.15, 0.2) is 205 Å². The average Bonchev–Trinajstić information content (AvgIpc) is 3.91. The molecule has 296 valence electrons. The third kappa shape index (κ3) is 7.31. The molecule has 0 fully saturated rings. The molecule has 6 aromatic carbocycles. The van der Waals surface area contributed by atoms with Crippen LogP contribution in [0.5, 0.6) is 0 Å². The highest BCUT2D eigenvalue weighted by Gasteiger charge is 2.20. The van der Waals surface area contributed by atoms with Crippen molar-refractivity contribution in [3.63, 3.8) is 0 Å². The molecule has 62 heavy (non-hydrogen) atoms. The van der Waals surface area contributed by atoms with E-state index in [4.69, 9.17) is 34.3 Å². The molecule has 8 heteroatoms. The number of hydrogen-bond acceptors (Lipinski definition) is 7. The van der Waals surface area contributed by atoms with Gasteiger partial charge >= 0.3 is 0 Å². The van der Waals surface area contributed by atoms with Crippen LogP contribution in [0.2, 0.25) is 0 Å². The molecule has 0 aliphatic carbocycles. The number of aromatic nitrogens is 7. The van der Waals surface area contributed by atoms with Crippen LogP contribution in [-0.2, 0) is 0 Å². The second-order valence-electron chi connectivity index (χ2n) is 14.9.